The van der Waals surface area contributed by atoms with Gasteiger partial charge in [0.05, 0.1) is 10.9 Å². The van der Waals surface area contributed by atoms with E-state index in [4.69, 9.17) is 11.6 Å². The molecule has 3 aliphatic heterocycles. The molecule has 1 aromatic rings. The molecule has 228 valence electrons. The normalized spacial score (nSPS) is 24.0. The molecule has 0 bridgehead atoms. The molecular weight excluding hydrogens is 588 g/mol. The number of urea groups is 1. The summed E-state index contributed by atoms with van der Waals surface area (Å²) in [4.78, 5) is 47.0. The lowest BCUT2D eigenvalue weighted by molar-refractivity contribution is -0.143. The van der Waals surface area contributed by atoms with E-state index in [9.17, 15) is 22.8 Å². The molecule has 0 aromatic carbocycles. The van der Waals surface area contributed by atoms with Gasteiger partial charge >= 0.3 is 6.03 Å². The van der Waals surface area contributed by atoms with E-state index >= 15 is 0 Å². The summed E-state index contributed by atoms with van der Waals surface area (Å²) in [7, 11) is -2.02. The van der Waals surface area contributed by atoms with Gasteiger partial charge in [-0.05, 0) is 56.7 Å². The fraction of sp³-hybridized carbons (Fsp3) is 0.667. The third kappa shape index (κ3) is 8.66. The van der Waals surface area contributed by atoms with Gasteiger partial charge in [0.15, 0.2) is 0 Å². The van der Waals surface area contributed by atoms with Crippen molar-refractivity contribution < 1.29 is 22.8 Å². The first-order valence-electron chi connectivity index (χ1n) is 14.3. The molecule has 1 unspecified atom stereocenters. The fourth-order valence-corrected chi connectivity index (χ4v) is 7.81. The molecule has 4 heterocycles. The number of amides is 4. The average molecular weight is 629 g/mol. The van der Waals surface area contributed by atoms with Gasteiger partial charge in [0.2, 0.25) is 21.8 Å². The molecule has 3 saturated heterocycles. The lowest BCUT2D eigenvalue weighted by atomic mass is 10.1. The second-order valence-electron chi connectivity index (χ2n) is 11.0. The molecule has 1 aromatic heterocycles. The van der Waals surface area contributed by atoms with Gasteiger partial charge in [-0.15, -0.1) is 11.3 Å². The van der Waals surface area contributed by atoms with Crippen LogP contribution in [-0.2, 0) is 19.6 Å². The van der Waals surface area contributed by atoms with Gasteiger partial charge in [0.25, 0.3) is 0 Å². The van der Waals surface area contributed by atoms with Crippen molar-refractivity contribution in [3.05, 3.63) is 26.8 Å². The van der Waals surface area contributed by atoms with E-state index in [-0.39, 0.29) is 36.5 Å². The van der Waals surface area contributed by atoms with Crippen LogP contribution in [0.1, 0.15) is 50.3 Å². The largest absolute Gasteiger partial charge is 0.338 e. The fourth-order valence-electron chi connectivity index (χ4n) is 5.74. The highest BCUT2D eigenvalue weighted by Crippen LogP contribution is 2.24. The van der Waals surface area contributed by atoms with Gasteiger partial charge in [-0.3, -0.25) is 14.5 Å². The van der Waals surface area contributed by atoms with Crippen LogP contribution in [-0.4, -0.2) is 117 Å². The number of hydrogen-bond acceptors (Lipinski definition) is 7. The predicted molar refractivity (Wildman–Crippen MR) is 161 cm³/mol. The summed E-state index contributed by atoms with van der Waals surface area (Å²) in [6.07, 6.45) is 6.03. The molecule has 3 fully saturated rings. The maximum absolute atomic E-state index is 13.4. The van der Waals surface area contributed by atoms with E-state index in [1.165, 1.54) is 22.3 Å². The van der Waals surface area contributed by atoms with E-state index in [0.717, 1.165) is 50.7 Å². The van der Waals surface area contributed by atoms with Gasteiger partial charge in [-0.25, -0.2) is 13.2 Å². The third-order valence-corrected chi connectivity index (χ3v) is 10.3. The summed E-state index contributed by atoms with van der Waals surface area (Å²) in [5.74, 6) is -0.478. The van der Waals surface area contributed by atoms with Crippen LogP contribution in [0, 0.1) is 0 Å². The molecule has 14 heteroatoms. The summed E-state index contributed by atoms with van der Waals surface area (Å²) in [6, 6.07) is 2.66. The summed E-state index contributed by atoms with van der Waals surface area (Å²) in [5.41, 5.74) is 0. The Bertz CT molecular complexity index is 1220. The summed E-state index contributed by atoms with van der Waals surface area (Å²) in [6.45, 7) is 6.08. The molecule has 0 saturated carbocycles. The summed E-state index contributed by atoms with van der Waals surface area (Å²) >= 11 is 7.16. The Kier molecular flexibility index (Phi) is 11.1. The predicted octanol–water partition coefficient (Wildman–Crippen LogP) is 2.40. The van der Waals surface area contributed by atoms with Crippen LogP contribution in [0.5, 0.6) is 0 Å². The highest BCUT2D eigenvalue weighted by molar-refractivity contribution is 7.92. The Balaban J connectivity index is 1.28. The Morgan fingerprint density at radius 1 is 1.17 bits per heavy atom. The van der Waals surface area contributed by atoms with Gasteiger partial charge < -0.3 is 20.0 Å². The van der Waals surface area contributed by atoms with E-state index in [2.05, 4.69) is 14.9 Å². The number of halogens is 1. The molecule has 2 N–H and O–H groups in total. The van der Waals surface area contributed by atoms with Crippen LogP contribution < -0.4 is 10.0 Å². The lowest BCUT2D eigenvalue weighted by Crippen LogP contribution is -2.55. The molecule has 41 heavy (non-hydrogen) atoms. The number of nitrogens with one attached hydrogen (secondary N) is 2. The van der Waals surface area contributed by atoms with E-state index in [1.54, 1.807) is 17.0 Å². The molecular formula is C27H41ClN6O5S2. The number of piperidine rings is 1. The monoisotopic (exact) mass is 628 g/mol. The summed E-state index contributed by atoms with van der Waals surface area (Å²) in [5, 5.41) is 3.97. The zero-order valence-electron chi connectivity index (χ0n) is 23.8. The van der Waals surface area contributed by atoms with Crippen molar-refractivity contribution >= 4 is 56.9 Å². The zero-order valence-corrected chi connectivity index (χ0v) is 26.1. The van der Waals surface area contributed by atoms with Crippen molar-refractivity contribution in [1.29, 1.82) is 0 Å². The van der Waals surface area contributed by atoms with Crippen molar-refractivity contribution in [1.82, 2.24) is 29.6 Å². The Labute approximate surface area is 251 Å². The number of likely N-dealkylation sites (tertiary alicyclic amines) is 3. The highest BCUT2D eigenvalue weighted by atomic mass is 35.5. The number of likely N-dealkylation sites (N-methyl/N-ethyl adjacent to an activating group) is 1. The maximum atomic E-state index is 13.4. The molecule has 4 amide bonds. The van der Waals surface area contributed by atoms with Crippen LogP contribution in [0.3, 0.4) is 0 Å². The zero-order chi connectivity index (χ0) is 29.6. The van der Waals surface area contributed by atoms with Gasteiger partial charge in [-0.1, -0.05) is 18.5 Å². The Morgan fingerprint density at radius 3 is 2.68 bits per heavy atom. The standard InChI is InChI=1S/C27H41ClN6O5S2/c1-3-12-29-27(37)31(2)20-10-15-32(17-20)18-21-6-4-14-34(21)25(35)19-33-13-5-7-23(26(33)36)30-41(38,39)16-11-22-8-9-24(28)40-22/h8-9,11,16,20-21,23,30H,3-7,10,12-15,17-19H2,1-2H3,(H,29,37)/t20?,21-,23-/m0/s1. The second kappa shape index (κ2) is 14.3. The molecule has 3 aliphatic rings. The van der Waals surface area contributed by atoms with Crippen LogP contribution in [0.4, 0.5) is 4.79 Å². The highest BCUT2D eigenvalue weighted by Gasteiger charge is 2.37. The average Bonchev–Trinajstić information content (AvgIpc) is 3.70. The molecule has 0 aliphatic carbocycles. The SMILES string of the molecule is CCCNC(=O)N(C)C1CCN(C[C@@H]2CCCN2C(=O)CN2CCC[C@H](NS(=O)(=O)C=Cc3ccc(Cl)s3)C2=O)C1. The number of hydrogen-bond donors (Lipinski definition) is 2. The van der Waals surface area contributed by atoms with Crippen molar-refractivity contribution in [2.75, 3.05) is 52.9 Å². The second-order valence-corrected chi connectivity index (χ2v) is 14.3. The van der Waals surface area contributed by atoms with Crippen LogP contribution in [0.15, 0.2) is 17.5 Å². The van der Waals surface area contributed by atoms with E-state index in [0.29, 0.717) is 41.7 Å². The van der Waals surface area contributed by atoms with E-state index in [1.807, 2.05) is 18.9 Å². The number of nitrogens with zero attached hydrogens (tertiary/aromatic N) is 4. The number of thiophene rings is 1. The number of carbonyl (C=O) groups excluding carboxylic acids is 3. The number of sulfonamides is 1. The first-order valence-corrected chi connectivity index (χ1v) is 17.1. The quantitative estimate of drug-likeness (QED) is 0.388. The van der Waals surface area contributed by atoms with Crippen LogP contribution in [0.25, 0.3) is 6.08 Å². The van der Waals surface area contributed by atoms with Crippen molar-refractivity contribution in [2.45, 2.75) is 63.6 Å². The molecule has 3 atom stereocenters. The van der Waals surface area contributed by atoms with Crippen molar-refractivity contribution in [2.24, 2.45) is 0 Å². The maximum Gasteiger partial charge on any atom is 0.317 e. The smallest absolute Gasteiger partial charge is 0.317 e. The lowest BCUT2D eigenvalue weighted by Gasteiger charge is -2.34. The van der Waals surface area contributed by atoms with Crippen molar-refractivity contribution in [3.63, 3.8) is 0 Å². The minimum absolute atomic E-state index is 0.0494. The first kappa shape index (κ1) is 31.7. The Morgan fingerprint density at radius 2 is 1.95 bits per heavy atom. The minimum atomic E-state index is -3.86. The van der Waals surface area contributed by atoms with Gasteiger partial charge in [-0.2, -0.15) is 4.72 Å². The van der Waals surface area contributed by atoms with Crippen LogP contribution >= 0.6 is 22.9 Å². The topological polar surface area (TPSA) is 122 Å². The molecule has 4 rings (SSSR count). The molecule has 0 spiro atoms. The number of carbonyl (C=O) groups is 3. The van der Waals surface area contributed by atoms with E-state index < -0.39 is 16.1 Å². The van der Waals surface area contributed by atoms with Crippen molar-refractivity contribution in [3.8, 4) is 0 Å². The summed E-state index contributed by atoms with van der Waals surface area (Å²) < 4.78 is 28.3. The Hall–Kier alpha value is -2.19. The van der Waals surface area contributed by atoms with Gasteiger partial charge in [0.1, 0.15) is 6.04 Å². The molecule has 0 radical (unpaired) electrons. The van der Waals surface area contributed by atoms with Gasteiger partial charge in [0, 0.05) is 68.7 Å². The molecule has 11 nitrogen and oxygen atoms in total. The third-order valence-electron chi connectivity index (χ3n) is 7.98. The first-order chi connectivity index (χ1) is 19.6. The van der Waals surface area contributed by atoms with Crippen LogP contribution in [0.2, 0.25) is 4.34 Å². The minimum Gasteiger partial charge on any atom is -0.338 e. The number of rotatable bonds is 11.